The summed E-state index contributed by atoms with van der Waals surface area (Å²) in [5.74, 6) is 0. The summed E-state index contributed by atoms with van der Waals surface area (Å²) in [4.78, 5) is 2.82. The van der Waals surface area contributed by atoms with Gasteiger partial charge in [0.15, 0.2) is 0 Å². The summed E-state index contributed by atoms with van der Waals surface area (Å²) in [7, 11) is 0. The van der Waals surface area contributed by atoms with E-state index in [4.69, 9.17) is 0 Å². The molecule has 2 nitrogen and oxygen atoms in total. The van der Waals surface area contributed by atoms with Crippen molar-refractivity contribution >= 4 is 0 Å². The molecular formula is C13H24N2. The summed E-state index contributed by atoms with van der Waals surface area (Å²) >= 11 is 0. The molecule has 3 fully saturated rings. The first-order valence-corrected chi connectivity index (χ1v) is 6.88. The van der Waals surface area contributed by atoms with E-state index in [0.717, 1.165) is 24.2 Å². The third-order valence-corrected chi connectivity index (χ3v) is 4.83. The normalized spacial score (nSPS) is 40.8. The number of nitrogens with zero attached hydrogens (tertiary/aromatic N) is 1. The lowest BCUT2D eigenvalue weighted by Crippen LogP contribution is -2.53. The maximum absolute atomic E-state index is 3.75. The molecule has 1 saturated carbocycles. The molecule has 0 amide bonds. The van der Waals surface area contributed by atoms with E-state index in [1.54, 1.807) is 0 Å². The van der Waals surface area contributed by atoms with Crippen molar-refractivity contribution in [1.82, 2.24) is 10.2 Å². The molecule has 2 heterocycles. The molecule has 0 spiro atoms. The third kappa shape index (κ3) is 1.83. The van der Waals surface area contributed by atoms with E-state index in [1.165, 1.54) is 51.5 Å². The first-order valence-electron chi connectivity index (χ1n) is 6.88. The Balaban J connectivity index is 1.64. The van der Waals surface area contributed by atoms with E-state index < -0.39 is 0 Å². The molecule has 86 valence electrons. The Kier molecular flexibility index (Phi) is 2.73. The van der Waals surface area contributed by atoms with Crippen LogP contribution < -0.4 is 5.32 Å². The van der Waals surface area contributed by atoms with Crippen molar-refractivity contribution in [2.75, 3.05) is 6.54 Å². The molecule has 1 aliphatic carbocycles. The Morgan fingerprint density at radius 2 is 1.67 bits per heavy atom. The first-order chi connectivity index (χ1) is 7.36. The molecule has 0 radical (unpaired) electrons. The molecule has 2 bridgehead atoms. The van der Waals surface area contributed by atoms with Crippen LogP contribution in [0.25, 0.3) is 0 Å². The van der Waals surface area contributed by atoms with Crippen molar-refractivity contribution in [3.8, 4) is 0 Å². The minimum absolute atomic E-state index is 0.850. The van der Waals surface area contributed by atoms with Crippen LogP contribution in [-0.4, -0.2) is 35.6 Å². The third-order valence-electron chi connectivity index (χ3n) is 4.83. The second kappa shape index (κ2) is 4.06. The molecule has 1 N–H and O–H groups in total. The van der Waals surface area contributed by atoms with Gasteiger partial charge < -0.3 is 5.32 Å². The average Bonchev–Trinajstić information content (AvgIpc) is 2.51. The number of hydrogen-bond acceptors (Lipinski definition) is 2. The first kappa shape index (κ1) is 10.1. The fourth-order valence-corrected chi connectivity index (χ4v) is 3.83. The Morgan fingerprint density at radius 3 is 2.13 bits per heavy atom. The standard InChI is InChI=1S/C13H24N2/c1-2-15(12-4-3-5-12)13-8-10-6-7-11(9-13)14-10/h10-14H,2-9H2,1H3. The van der Waals surface area contributed by atoms with Crippen LogP contribution in [-0.2, 0) is 0 Å². The van der Waals surface area contributed by atoms with Gasteiger partial charge in [-0.15, -0.1) is 0 Å². The van der Waals surface area contributed by atoms with Gasteiger partial charge in [0.05, 0.1) is 0 Å². The summed E-state index contributed by atoms with van der Waals surface area (Å²) in [6.45, 7) is 3.62. The minimum Gasteiger partial charge on any atom is -0.311 e. The van der Waals surface area contributed by atoms with E-state index in [0.29, 0.717) is 0 Å². The summed E-state index contributed by atoms with van der Waals surface area (Å²) in [5, 5.41) is 3.75. The Hall–Kier alpha value is -0.0800. The van der Waals surface area contributed by atoms with Gasteiger partial charge in [-0.25, -0.2) is 0 Å². The van der Waals surface area contributed by atoms with Crippen molar-refractivity contribution < 1.29 is 0 Å². The van der Waals surface area contributed by atoms with Gasteiger partial charge in [0, 0.05) is 24.2 Å². The van der Waals surface area contributed by atoms with E-state index in [1.807, 2.05) is 0 Å². The van der Waals surface area contributed by atoms with Crippen LogP contribution in [0.1, 0.15) is 51.9 Å². The van der Waals surface area contributed by atoms with Crippen molar-refractivity contribution in [1.29, 1.82) is 0 Å². The van der Waals surface area contributed by atoms with E-state index in [-0.39, 0.29) is 0 Å². The highest BCUT2D eigenvalue weighted by molar-refractivity contribution is 4.97. The highest BCUT2D eigenvalue weighted by Crippen LogP contribution is 2.34. The smallest absolute Gasteiger partial charge is 0.0128 e. The highest BCUT2D eigenvalue weighted by atomic mass is 15.2. The number of hydrogen-bond donors (Lipinski definition) is 1. The van der Waals surface area contributed by atoms with Crippen molar-refractivity contribution in [3.63, 3.8) is 0 Å². The molecule has 0 aromatic carbocycles. The molecule has 0 aromatic rings. The lowest BCUT2D eigenvalue weighted by molar-refractivity contribution is 0.0585. The zero-order valence-corrected chi connectivity index (χ0v) is 9.91. The molecule has 3 rings (SSSR count). The van der Waals surface area contributed by atoms with Gasteiger partial charge >= 0.3 is 0 Å². The van der Waals surface area contributed by atoms with Crippen LogP contribution in [0.2, 0.25) is 0 Å². The number of fused-ring (bicyclic) bond motifs is 2. The second-order valence-electron chi connectivity index (χ2n) is 5.68. The maximum Gasteiger partial charge on any atom is 0.0128 e. The number of rotatable bonds is 3. The lowest BCUT2D eigenvalue weighted by atomic mass is 9.87. The average molecular weight is 208 g/mol. The van der Waals surface area contributed by atoms with Crippen molar-refractivity contribution in [3.05, 3.63) is 0 Å². The van der Waals surface area contributed by atoms with Crippen LogP contribution in [0.3, 0.4) is 0 Å². The molecule has 2 unspecified atom stereocenters. The van der Waals surface area contributed by atoms with Crippen LogP contribution >= 0.6 is 0 Å². The molecule has 2 aliphatic heterocycles. The SMILES string of the molecule is CCN(C1CCC1)C1CC2CCC(C1)N2. The van der Waals surface area contributed by atoms with Gasteiger partial charge in [0.1, 0.15) is 0 Å². The zero-order valence-electron chi connectivity index (χ0n) is 9.91. The van der Waals surface area contributed by atoms with Crippen molar-refractivity contribution in [2.24, 2.45) is 0 Å². The quantitative estimate of drug-likeness (QED) is 0.764. The fourth-order valence-electron chi connectivity index (χ4n) is 3.83. The van der Waals surface area contributed by atoms with Gasteiger partial charge in [0.25, 0.3) is 0 Å². The zero-order chi connectivity index (χ0) is 10.3. The highest BCUT2D eigenvalue weighted by Gasteiger charge is 2.38. The minimum atomic E-state index is 0.850. The Bertz CT molecular complexity index is 213. The molecular weight excluding hydrogens is 184 g/mol. The Labute approximate surface area is 93.4 Å². The largest absolute Gasteiger partial charge is 0.311 e. The molecule has 2 heteroatoms. The predicted octanol–water partition coefficient (Wildman–Crippen LogP) is 2.14. The molecule has 2 saturated heterocycles. The summed E-state index contributed by atoms with van der Waals surface area (Å²) < 4.78 is 0. The lowest BCUT2D eigenvalue weighted by Gasteiger charge is -2.45. The summed E-state index contributed by atoms with van der Waals surface area (Å²) in [6.07, 6.45) is 10.1. The molecule has 2 atom stereocenters. The monoisotopic (exact) mass is 208 g/mol. The van der Waals surface area contributed by atoms with E-state index in [9.17, 15) is 0 Å². The van der Waals surface area contributed by atoms with Crippen LogP contribution in [0.4, 0.5) is 0 Å². The van der Waals surface area contributed by atoms with Crippen LogP contribution in [0.15, 0.2) is 0 Å². The Morgan fingerprint density at radius 1 is 1.00 bits per heavy atom. The van der Waals surface area contributed by atoms with Gasteiger partial charge in [-0.3, -0.25) is 4.90 Å². The van der Waals surface area contributed by atoms with E-state index >= 15 is 0 Å². The van der Waals surface area contributed by atoms with Gasteiger partial charge in [-0.2, -0.15) is 0 Å². The van der Waals surface area contributed by atoms with Gasteiger partial charge in [-0.05, 0) is 45.1 Å². The fraction of sp³-hybridized carbons (Fsp3) is 1.00. The van der Waals surface area contributed by atoms with Crippen LogP contribution in [0.5, 0.6) is 0 Å². The topological polar surface area (TPSA) is 15.3 Å². The summed E-state index contributed by atoms with van der Waals surface area (Å²) in [6, 6.07) is 3.54. The van der Waals surface area contributed by atoms with Gasteiger partial charge in [-0.1, -0.05) is 13.3 Å². The second-order valence-corrected chi connectivity index (χ2v) is 5.68. The summed E-state index contributed by atoms with van der Waals surface area (Å²) in [5.41, 5.74) is 0. The molecule has 3 aliphatic rings. The van der Waals surface area contributed by atoms with E-state index in [2.05, 4.69) is 17.1 Å². The molecule has 15 heavy (non-hydrogen) atoms. The predicted molar refractivity (Wildman–Crippen MR) is 63.0 cm³/mol. The maximum atomic E-state index is 3.75. The van der Waals surface area contributed by atoms with Gasteiger partial charge in [0.2, 0.25) is 0 Å². The number of nitrogens with one attached hydrogen (secondary N) is 1. The van der Waals surface area contributed by atoms with Crippen LogP contribution in [0, 0.1) is 0 Å². The number of piperidine rings is 1. The molecule has 0 aromatic heterocycles. The van der Waals surface area contributed by atoms with Crippen molar-refractivity contribution in [2.45, 2.75) is 76.0 Å².